The first kappa shape index (κ1) is 21.2. The van der Waals surface area contributed by atoms with Gasteiger partial charge in [-0.2, -0.15) is 0 Å². The molecule has 1 unspecified atom stereocenters. The summed E-state index contributed by atoms with van der Waals surface area (Å²) in [5, 5.41) is 12.8. The fraction of sp³-hybridized carbons (Fsp3) is 0.600. The monoisotopic (exact) mass is 348 g/mol. The first-order chi connectivity index (χ1) is 11.3. The van der Waals surface area contributed by atoms with Crippen LogP contribution in [-0.4, -0.2) is 48.1 Å². The maximum atomic E-state index is 12.5. The van der Waals surface area contributed by atoms with E-state index in [-0.39, 0.29) is 29.2 Å². The van der Waals surface area contributed by atoms with Crippen LogP contribution >= 0.6 is 0 Å². The van der Waals surface area contributed by atoms with Gasteiger partial charge >= 0.3 is 0 Å². The maximum Gasteiger partial charge on any atom is 0.253 e. The van der Waals surface area contributed by atoms with Crippen molar-refractivity contribution in [1.29, 1.82) is 0 Å². The van der Waals surface area contributed by atoms with E-state index in [2.05, 4.69) is 26.1 Å². The molecule has 0 aromatic heterocycles. The van der Waals surface area contributed by atoms with Crippen molar-refractivity contribution in [3.05, 3.63) is 35.4 Å². The summed E-state index contributed by atoms with van der Waals surface area (Å²) >= 11 is 0. The molecule has 0 bridgehead atoms. The number of aliphatic hydroxyl groups excluding tert-OH is 1. The van der Waals surface area contributed by atoms with Gasteiger partial charge in [-0.25, -0.2) is 0 Å². The highest BCUT2D eigenvalue weighted by atomic mass is 16.3. The van der Waals surface area contributed by atoms with E-state index in [0.717, 1.165) is 0 Å². The van der Waals surface area contributed by atoms with Gasteiger partial charge in [0.2, 0.25) is 0 Å². The SMILES string of the molecule is CN(CC(C)(C)C)C(=O)c1cccc(C(=O)NCC(O)C(C)(C)C)c1. The van der Waals surface area contributed by atoms with Crippen molar-refractivity contribution in [2.75, 3.05) is 20.1 Å². The Bertz CT molecular complexity index is 612. The molecule has 0 spiro atoms. The Morgan fingerprint density at radius 3 is 2.20 bits per heavy atom. The van der Waals surface area contributed by atoms with Crippen molar-refractivity contribution in [1.82, 2.24) is 10.2 Å². The van der Waals surface area contributed by atoms with Crippen molar-refractivity contribution in [2.45, 2.75) is 47.6 Å². The number of amides is 2. The second kappa shape index (κ2) is 8.00. The summed E-state index contributed by atoms with van der Waals surface area (Å²) in [6, 6.07) is 6.68. The number of hydrogen-bond acceptors (Lipinski definition) is 3. The van der Waals surface area contributed by atoms with Gasteiger partial charge in [0, 0.05) is 31.3 Å². The van der Waals surface area contributed by atoms with Crippen LogP contribution in [0.4, 0.5) is 0 Å². The molecule has 2 amide bonds. The molecule has 0 aliphatic heterocycles. The minimum atomic E-state index is -0.640. The summed E-state index contributed by atoms with van der Waals surface area (Å²) in [6.45, 7) is 12.7. The van der Waals surface area contributed by atoms with Crippen LogP contribution in [0.5, 0.6) is 0 Å². The highest BCUT2D eigenvalue weighted by molar-refractivity contribution is 5.99. The van der Waals surface area contributed by atoms with Crippen LogP contribution in [0, 0.1) is 10.8 Å². The van der Waals surface area contributed by atoms with Crippen LogP contribution in [0.15, 0.2) is 24.3 Å². The van der Waals surface area contributed by atoms with Gasteiger partial charge in [-0.1, -0.05) is 47.6 Å². The molecule has 0 saturated carbocycles. The van der Waals surface area contributed by atoms with Gasteiger partial charge in [-0.15, -0.1) is 0 Å². The molecular weight excluding hydrogens is 316 g/mol. The van der Waals surface area contributed by atoms with Crippen molar-refractivity contribution < 1.29 is 14.7 Å². The zero-order valence-corrected chi connectivity index (χ0v) is 16.5. The molecule has 0 aliphatic carbocycles. The number of nitrogens with zero attached hydrogens (tertiary/aromatic N) is 1. The molecule has 0 fully saturated rings. The number of benzene rings is 1. The third-order valence-corrected chi connectivity index (χ3v) is 3.89. The number of carbonyl (C=O) groups excluding carboxylic acids is 2. The topological polar surface area (TPSA) is 69.6 Å². The Morgan fingerprint density at radius 2 is 1.68 bits per heavy atom. The summed E-state index contributed by atoms with van der Waals surface area (Å²) in [4.78, 5) is 26.5. The second-order valence-corrected chi connectivity index (χ2v) is 8.89. The summed E-state index contributed by atoms with van der Waals surface area (Å²) in [6.07, 6.45) is -0.640. The lowest BCUT2D eigenvalue weighted by Gasteiger charge is -2.27. The Morgan fingerprint density at radius 1 is 1.12 bits per heavy atom. The highest BCUT2D eigenvalue weighted by Gasteiger charge is 2.23. The smallest absolute Gasteiger partial charge is 0.253 e. The van der Waals surface area contributed by atoms with Crippen molar-refractivity contribution in [3.8, 4) is 0 Å². The van der Waals surface area contributed by atoms with Crippen LogP contribution < -0.4 is 5.32 Å². The van der Waals surface area contributed by atoms with E-state index in [9.17, 15) is 14.7 Å². The molecule has 0 heterocycles. The lowest BCUT2D eigenvalue weighted by molar-refractivity contribution is 0.0587. The van der Waals surface area contributed by atoms with E-state index in [1.165, 1.54) is 0 Å². The molecular formula is C20H32N2O3. The molecule has 1 rings (SSSR count). The summed E-state index contributed by atoms with van der Waals surface area (Å²) in [7, 11) is 1.76. The first-order valence-electron chi connectivity index (χ1n) is 8.63. The van der Waals surface area contributed by atoms with E-state index in [1.54, 1.807) is 36.2 Å². The van der Waals surface area contributed by atoms with Crippen molar-refractivity contribution in [3.63, 3.8) is 0 Å². The number of nitrogens with one attached hydrogen (secondary N) is 1. The van der Waals surface area contributed by atoms with Crippen molar-refractivity contribution in [2.24, 2.45) is 10.8 Å². The largest absolute Gasteiger partial charge is 0.391 e. The van der Waals surface area contributed by atoms with Gasteiger partial charge in [-0.3, -0.25) is 9.59 Å². The fourth-order valence-corrected chi connectivity index (χ4v) is 2.39. The predicted octanol–water partition coefficient (Wildman–Crippen LogP) is 2.94. The lowest BCUT2D eigenvalue weighted by Crippen LogP contribution is -2.39. The van der Waals surface area contributed by atoms with Crippen LogP contribution in [-0.2, 0) is 0 Å². The Kier molecular flexibility index (Phi) is 6.77. The quantitative estimate of drug-likeness (QED) is 0.859. The lowest BCUT2D eigenvalue weighted by atomic mass is 9.89. The van der Waals surface area contributed by atoms with Crippen LogP contribution in [0.2, 0.25) is 0 Å². The molecule has 5 heteroatoms. The molecule has 0 saturated heterocycles. The zero-order chi connectivity index (χ0) is 19.4. The van der Waals surface area contributed by atoms with Gasteiger partial charge in [0.05, 0.1) is 6.10 Å². The molecule has 0 aliphatic rings. The first-order valence-corrected chi connectivity index (χ1v) is 8.63. The van der Waals surface area contributed by atoms with Crippen molar-refractivity contribution >= 4 is 11.8 Å². The summed E-state index contributed by atoms with van der Waals surface area (Å²) in [5.41, 5.74) is 0.593. The van der Waals surface area contributed by atoms with Gasteiger partial charge in [0.15, 0.2) is 0 Å². The average molecular weight is 348 g/mol. The molecule has 140 valence electrons. The van der Waals surface area contributed by atoms with Crippen LogP contribution in [0.25, 0.3) is 0 Å². The average Bonchev–Trinajstić information content (AvgIpc) is 2.48. The third kappa shape index (κ3) is 6.86. The Balaban J connectivity index is 2.80. The van der Waals surface area contributed by atoms with Gasteiger partial charge < -0.3 is 15.3 Å². The van der Waals surface area contributed by atoms with Gasteiger partial charge in [0.1, 0.15) is 0 Å². The van der Waals surface area contributed by atoms with E-state index in [0.29, 0.717) is 17.7 Å². The molecule has 2 N–H and O–H groups in total. The molecule has 1 aromatic rings. The second-order valence-electron chi connectivity index (χ2n) is 8.89. The van der Waals surface area contributed by atoms with Gasteiger partial charge in [-0.05, 0) is 29.0 Å². The summed E-state index contributed by atoms with van der Waals surface area (Å²) in [5.74, 6) is -0.407. The van der Waals surface area contributed by atoms with E-state index in [1.807, 2.05) is 20.8 Å². The van der Waals surface area contributed by atoms with Crippen LogP contribution in [0.3, 0.4) is 0 Å². The molecule has 1 atom stereocenters. The maximum absolute atomic E-state index is 12.5. The number of rotatable bonds is 5. The number of carbonyl (C=O) groups is 2. The normalized spacial score (nSPS) is 13.3. The fourth-order valence-electron chi connectivity index (χ4n) is 2.39. The van der Waals surface area contributed by atoms with E-state index >= 15 is 0 Å². The molecule has 5 nitrogen and oxygen atoms in total. The van der Waals surface area contributed by atoms with Crippen LogP contribution in [0.1, 0.15) is 62.3 Å². The van der Waals surface area contributed by atoms with Gasteiger partial charge in [0.25, 0.3) is 11.8 Å². The molecule has 1 aromatic carbocycles. The van der Waals surface area contributed by atoms with E-state index in [4.69, 9.17) is 0 Å². The minimum Gasteiger partial charge on any atom is -0.391 e. The minimum absolute atomic E-state index is 0.00247. The number of hydrogen-bond donors (Lipinski definition) is 2. The third-order valence-electron chi connectivity index (χ3n) is 3.89. The Labute approximate surface area is 151 Å². The highest BCUT2D eigenvalue weighted by Crippen LogP contribution is 2.19. The number of aliphatic hydroxyl groups is 1. The molecule has 25 heavy (non-hydrogen) atoms. The zero-order valence-electron chi connectivity index (χ0n) is 16.5. The standard InChI is InChI=1S/C20H32N2O3/c1-19(2,3)13-22(7)18(25)15-10-8-9-14(11-15)17(24)21-12-16(23)20(4,5)6/h8-11,16,23H,12-13H2,1-7H3,(H,21,24). The summed E-state index contributed by atoms with van der Waals surface area (Å²) < 4.78 is 0. The molecule has 0 radical (unpaired) electrons. The predicted molar refractivity (Wildman–Crippen MR) is 101 cm³/mol. The Hall–Kier alpha value is -1.88. The van der Waals surface area contributed by atoms with E-state index < -0.39 is 6.10 Å².